The molecule has 0 radical (unpaired) electrons. The van der Waals surface area contributed by atoms with Crippen molar-refractivity contribution < 1.29 is 9.90 Å². The van der Waals surface area contributed by atoms with Crippen LogP contribution in [-0.4, -0.2) is 36.8 Å². The molecule has 1 fully saturated rings. The van der Waals surface area contributed by atoms with E-state index in [2.05, 4.69) is 52.7 Å². The fourth-order valence-electron chi connectivity index (χ4n) is 3.90. The smallest absolute Gasteiger partial charge is 0.335 e. The number of hydrogen-bond donors (Lipinski definition) is 2. The SMILES string of the molecule is Cl.O=C(O)c1ccc(N2CC[C@H](NCCc3cccc4ccccc34)C2)cc1. The summed E-state index contributed by atoms with van der Waals surface area (Å²) in [5, 5.41) is 15.3. The number of rotatable bonds is 6. The minimum Gasteiger partial charge on any atom is -0.478 e. The maximum atomic E-state index is 11.0. The lowest BCUT2D eigenvalue weighted by Gasteiger charge is -2.19. The van der Waals surface area contributed by atoms with Gasteiger partial charge in [-0.2, -0.15) is 0 Å². The molecule has 28 heavy (non-hydrogen) atoms. The normalized spacial score (nSPS) is 16.1. The van der Waals surface area contributed by atoms with E-state index in [0.29, 0.717) is 11.6 Å². The van der Waals surface area contributed by atoms with Gasteiger partial charge >= 0.3 is 5.97 Å². The number of carboxylic acid groups (broad SMARTS) is 1. The van der Waals surface area contributed by atoms with E-state index in [-0.39, 0.29) is 12.4 Å². The van der Waals surface area contributed by atoms with Crippen molar-refractivity contribution in [3.8, 4) is 0 Å². The van der Waals surface area contributed by atoms with Crippen LogP contribution < -0.4 is 10.2 Å². The molecule has 0 saturated carbocycles. The lowest BCUT2D eigenvalue weighted by Crippen LogP contribution is -2.33. The van der Waals surface area contributed by atoms with Gasteiger partial charge in [0.1, 0.15) is 0 Å². The van der Waals surface area contributed by atoms with Crippen LogP contribution in [-0.2, 0) is 6.42 Å². The average molecular weight is 397 g/mol. The number of benzene rings is 3. The Kier molecular flexibility index (Phi) is 6.55. The summed E-state index contributed by atoms with van der Waals surface area (Å²) in [5.74, 6) is -0.879. The molecule has 146 valence electrons. The summed E-state index contributed by atoms with van der Waals surface area (Å²) in [6.45, 7) is 2.92. The van der Waals surface area contributed by atoms with E-state index >= 15 is 0 Å². The molecule has 0 unspecified atom stereocenters. The van der Waals surface area contributed by atoms with Crippen molar-refractivity contribution in [2.24, 2.45) is 0 Å². The first-order valence-corrected chi connectivity index (χ1v) is 9.49. The van der Waals surface area contributed by atoms with Gasteiger partial charge in [-0.1, -0.05) is 42.5 Å². The zero-order valence-corrected chi connectivity index (χ0v) is 16.5. The third kappa shape index (κ3) is 4.46. The highest BCUT2D eigenvalue weighted by atomic mass is 35.5. The second kappa shape index (κ2) is 9.09. The second-order valence-corrected chi connectivity index (χ2v) is 7.13. The maximum Gasteiger partial charge on any atom is 0.335 e. The Labute approximate surface area is 171 Å². The second-order valence-electron chi connectivity index (χ2n) is 7.13. The highest BCUT2D eigenvalue weighted by Gasteiger charge is 2.22. The van der Waals surface area contributed by atoms with Gasteiger partial charge in [-0.15, -0.1) is 12.4 Å². The fraction of sp³-hybridized carbons (Fsp3) is 0.261. The Balaban J connectivity index is 0.00000225. The summed E-state index contributed by atoms with van der Waals surface area (Å²) in [5.41, 5.74) is 2.82. The molecule has 1 aliphatic rings. The summed E-state index contributed by atoms with van der Waals surface area (Å²) >= 11 is 0. The summed E-state index contributed by atoms with van der Waals surface area (Å²) in [6, 6.07) is 22.7. The van der Waals surface area contributed by atoms with Gasteiger partial charge in [0.05, 0.1) is 5.56 Å². The molecule has 1 aliphatic heterocycles. The topological polar surface area (TPSA) is 52.6 Å². The minimum atomic E-state index is -0.879. The number of aromatic carboxylic acids is 1. The molecule has 1 saturated heterocycles. The number of carboxylic acids is 1. The molecule has 0 spiro atoms. The first kappa shape index (κ1) is 20.2. The molecular formula is C23H25ClN2O2. The largest absolute Gasteiger partial charge is 0.478 e. The van der Waals surface area contributed by atoms with Gasteiger partial charge in [0.15, 0.2) is 0 Å². The molecule has 3 aromatic carbocycles. The molecule has 0 amide bonds. The monoisotopic (exact) mass is 396 g/mol. The number of halogens is 1. The van der Waals surface area contributed by atoms with E-state index in [1.165, 1.54) is 16.3 Å². The van der Waals surface area contributed by atoms with Crippen LogP contribution in [0.3, 0.4) is 0 Å². The number of carbonyl (C=O) groups is 1. The van der Waals surface area contributed by atoms with Gasteiger partial charge in [-0.05, 0) is 60.0 Å². The number of anilines is 1. The van der Waals surface area contributed by atoms with Gasteiger partial charge in [0.25, 0.3) is 0 Å². The molecule has 4 rings (SSSR count). The number of nitrogens with zero attached hydrogens (tertiary/aromatic N) is 1. The van der Waals surface area contributed by atoms with Crippen molar-refractivity contribution in [2.75, 3.05) is 24.5 Å². The fourth-order valence-corrected chi connectivity index (χ4v) is 3.90. The van der Waals surface area contributed by atoms with E-state index < -0.39 is 5.97 Å². The Hall–Kier alpha value is -2.56. The van der Waals surface area contributed by atoms with E-state index in [1.807, 2.05) is 12.1 Å². The van der Waals surface area contributed by atoms with Crippen molar-refractivity contribution in [2.45, 2.75) is 18.9 Å². The van der Waals surface area contributed by atoms with Crippen LogP contribution in [0, 0.1) is 0 Å². The van der Waals surface area contributed by atoms with Crippen LogP contribution in [0.4, 0.5) is 5.69 Å². The number of fused-ring (bicyclic) bond motifs is 1. The molecular weight excluding hydrogens is 372 g/mol. The number of nitrogens with one attached hydrogen (secondary N) is 1. The summed E-state index contributed by atoms with van der Waals surface area (Å²) in [6.07, 6.45) is 2.13. The van der Waals surface area contributed by atoms with Crippen molar-refractivity contribution in [1.29, 1.82) is 0 Å². The quantitative estimate of drug-likeness (QED) is 0.649. The van der Waals surface area contributed by atoms with Gasteiger partial charge in [-0.3, -0.25) is 0 Å². The predicted molar refractivity (Wildman–Crippen MR) is 117 cm³/mol. The van der Waals surface area contributed by atoms with Crippen LogP contribution in [0.25, 0.3) is 10.8 Å². The molecule has 1 atom stereocenters. The molecule has 2 N–H and O–H groups in total. The Morgan fingerprint density at radius 1 is 1.04 bits per heavy atom. The third-order valence-corrected chi connectivity index (χ3v) is 5.37. The maximum absolute atomic E-state index is 11.0. The zero-order valence-electron chi connectivity index (χ0n) is 15.7. The standard InChI is InChI=1S/C23H24N2O2.ClH/c26-23(27)19-8-10-21(11-9-19)25-15-13-20(16-25)24-14-12-18-6-3-5-17-4-1-2-7-22(17)18;/h1-11,20,24H,12-16H2,(H,26,27);1H/t20-;/m0./s1. The van der Waals surface area contributed by atoms with Crippen molar-refractivity contribution in [3.05, 3.63) is 77.9 Å². The van der Waals surface area contributed by atoms with Crippen LogP contribution >= 0.6 is 12.4 Å². The van der Waals surface area contributed by atoms with E-state index in [9.17, 15) is 4.79 Å². The molecule has 0 bridgehead atoms. The average Bonchev–Trinajstić information content (AvgIpc) is 3.17. The Bertz CT molecular complexity index is 937. The third-order valence-electron chi connectivity index (χ3n) is 5.37. The molecule has 0 aromatic heterocycles. The first-order chi connectivity index (χ1) is 13.2. The van der Waals surface area contributed by atoms with Gasteiger partial charge < -0.3 is 15.3 Å². The molecule has 0 aliphatic carbocycles. The van der Waals surface area contributed by atoms with Crippen LogP contribution in [0.5, 0.6) is 0 Å². The van der Waals surface area contributed by atoms with Gasteiger partial charge in [0.2, 0.25) is 0 Å². The Morgan fingerprint density at radius 2 is 1.79 bits per heavy atom. The first-order valence-electron chi connectivity index (χ1n) is 9.49. The summed E-state index contributed by atoms with van der Waals surface area (Å²) < 4.78 is 0. The highest BCUT2D eigenvalue weighted by molar-refractivity contribution is 5.88. The van der Waals surface area contributed by atoms with Gasteiger partial charge in [0, 0.05) is 24.8 Å². The summed E-state index contributed by atoms with van der Waals surface area (Å²) in [7, 11) is 0. The summed E-state index contributed by atoms with van der Waals surface area (Å²) in [4.78, 5) is 13.3. The Morgan fingerprint density at radius 3 is 2.57 bits per heavy atom. The van der Waals surface area contributed by atoms with E-state index in [1.54, 1.807) is 12.1 Å². The molecule has 5 heteroatoms. The number of hydrogen-bond acceptors (Lipinski definition) is 3. The van der Waals surface area contributed by atoms with Gasteiger partial charge in [-0.25, -0.2) is 4.79 Å². The van der Waals surface area contributed by atoms with Crippen molar-refractivity contribution in [1.82, 2.24) is 5.32 Å². The zero-order chi connectivity index (χ0) is 18.6. The minimum absolute atomic E-state index is 0. The van der Waals surface area contributed by atoms with Crippen molar-refractivity contribution >= 4 is 34.8 Å². The van der Waals surface area contributed by atoms with Crippen LogP contribution in [0.1, 0.15) is 22.3 Å². The highest BCUT2D eigenvalue weighted by Crippen LogP contribution is 2.22. The molecule has 1 heterocycles. The van der Waals surface area contributed by atoms with E-state index in [4.69, 9.17) is 5.11 Å². The molecule has 3 aromatic rings. The lowest BCUT2D eigenvalue weighted by atomic mass is 10.0. The predicted octanol–water partition coefficient (Wildman–Crippen LogP) is 4.37. The molecule has 4 nitrogen and oxygen atoms in total. The lowest BCUT2D eigenvalue weighted by molar-refractivity contribution is 0.0697. The van der Waals surface area contributed by atoms with E-state index in [0.717, 1.165) is 38.2 Å². The van der Waals surface area contributed by atoms with Crippen LogP contribution in [0.2, 0.25) is 0 Å². The van der Waals surface area contributed by atoms with Crippen LogP contribution in [0.15, 0.2) is 66.7 Å². The van der Waals surface area contributed by atoms with Crippen molar-refractivity contribution in [3.63, 3.8) is 0 Å².